The van der Waals surface area contributed by atoms with Crippen LogP contribution in [0, 0.1) is 3.70 Å². The minimum atomic E-state index is 0.540. The number of hydrogen-bond donors (Lipinski definition) is 1. The molecule has 0 aromatic carbocycles. The van der Waals surface area contributed by atoms with Crippen LogP contribution in [0.25, 0.3) is 0 Å². The second kappa shape index (κ2) is 2.70. The largest absolute Gasteiger partial charge is 0.397 e. The van der Waals surface area contributed by atoms with Crippen molar-refractivity contribution in [3.63, 3.8) is 0 Å². The smallest absolute Gasteiger partial charge is 0.121 e. The second-order valence-electron chi connectivity index (χ2n) is 1.50. The fourth-order valence-corrected chi connectivity index (χ4v) is 1.02. The van der Waals surface area contributed by atoms with E-state index >= 15 is 0 Å². The third kappa shape index (κ3) is 1.46. The first-order valence-electron chi connectivity index (χ1n) is 2.27. The number of halogens is 2. The summed E-state index contributed by atoms with van der Waals surface area (Å²) in [5.74, 6) is 0. The lowest BCUT2D eigenvalue weighted by Crippen LogP contribution is -1.89. The van der Waals surface area contributed by atoms with Crippen molar-refractivity contribution in [2.75, 3.05) is 5.73 Å². The third-order valence-electron chi connectivity index (χ3n) is 0.877. The Labute approximate surface area is 71.6 Å². The van der Waals surface area contributed by atoms with Gasteiger partial charge in [0.25, 0.3) is 0 Å². The van der Waals surface area contributed by atoms with Crippen LogP contribution in [0.4, 0.5) is 5.69 Å². The Kier molecular flexibility index (Phi) is 2.13. The van der Waals surface area contributed by atoms with Gasteiger partial charge >= 0.3 is 0 Å². The van der Waals surface area contributed by atoms with Crippen molar-refractivity contribution in [3.05, 3.63) is 21.0 Å². The highest BCUT2D eigenvalue weighted by Crippen LogP contribution is 2.21. The summed E-state index contributed by atoms with van der Waals surface area (Å²) < 4.78 is 0.745. The van der Waals surface area contributed by atoms with E-state index in [9.17, 15) is 0 Å². The molecule has 0 spiro atoms. The zero-order valence-corrected chi connectivity index (χ0v) is 7.35. The zero-order chi connectivity index (χ0) is 6.85. The Morgan fingerprint density at radius 1 is 1.67 bits per heavy atom. The average molecular weight is 254 g/mol. The molecular weight excluding hydrogens is 250 g/mol. The highest BCUT2D eigenvalue weighted by molar-refractivity contribution is 14.1. The van der Waals surface area contributed by atoms with Gasteiger partial charge in [-0.15, -0.1) is 0 Å². The molecule has 0 fully saturated rings. The van der Waals surface area contributed by atoms with E-state index in [1.165, 1.54) is 0 Å². The molecule has 1 heterocycles. The van der Waals surface area contributed by atoms with Crippen molar-refractivity contribution in [2.45, 2.75) is 0 Å². The van der Waals surface area contributed by atoms with E-state index in [0.717, 1.165) is 3.70 Å². The Morgan fingerprint density at radius 2 is 2.33 bits per heavy atom. The van der Waals surface area contributed by atoms with Crippen molar-refractivity contribution in [1.82, 2.24) is 4.98 Å². The fraction of sp³-hybridized carbons (Fsp3) is 0. The number of hydrogen-bond acceptors (Lipinski definition) is 2. The first-order valence-corrected chi connectivity index (χ1v) is 3.73. The first kappa shape index (κ1) is 7.08. The fourth-order valence-electron chi connectivity index (χ4n) is 0.432. The van der Waals surface area contributed by atoms with Crippen LogP contribution < -0.4 is 5.73 Å². The maximum Gasteiger partial charge on any atom is 0.121 e. The molecule has 0 unspecified atom stereocenters. The summed E-state index contributed by atoms with van der Waals surface area (Å²) in [7, 11) is 0. The minimum Gasteiger partial charge on any atom is -0.397 e. The molecule has 48 valence electrons. The number of rotatable bonds is 0. The molecule has 0 aliphatic heterocycles. The standard InChI is InChI=1S/C5H4ClIN2/c6-4-3(8)1-2-9-5(4)7/h1-2H,(H2,8,9). The van der Waals surface area contributed by atoms with E-state index in [2.05, 4.69) is 4.98 Å². The highest BCUT2D eigenvalue weighted by Gasteiger charge is 1.98. The normalized spacial score (nSPS) is 9.56. The van der Waals surface area contributed by atoms with Crippen molar-refractivity contribution in [3.8, 4) is 0 Å². The van der Waals surface area contributed by atoms with Crippen LogP contribution in [-0.4, -0.2) is 4.98 Å². The van der Waals surface area contributed by atoms with Gasteiger partial charge in [0.15, 0.2) is 0 Å². The molecule has 2 nitrogen and oxygen atoms in total. The molecule has 0 aliphatic rings. The molecule has 4 heteroatoms. The van der Waals surface area contributed by atoms with Crippen LogP contribution in [-0.2, 0) is 0 Å². The summed E-state index contributed by atoms with van der Waals surface area (Å²) >= 11 is 7.71. The number of pyridine rings is 1. The molecule has 9 heavy (non-hydrogen) atoms. The Hall–Kier alpha value is -0.0300. The van der Waals surface area contributed by atoms with Crippen LogP contribution in [0.5, 0.6) is 0 Å². The van der Waals surface area contributed by atoms with Crippen LogP contribution in [0.2, 0.25) is 5.02 Å². The number of nitrogens with two attached hydrogens (primary N) is 1. The molecule has 1 aromatic heterocycles. The summed E-state index contributed by atoms with van der Waals surface area (Å²) in [6.45, 7) is 0. The SMILES string of the molecule is Nc1ccnc(I)c1Cl. The number of nitrogen functional groups attached to an aromatic ring is 1. The molecule has 2 N–H and O–H groups in total. The van der Waals surface area contributed by atoms with Crippen LogP contribution in [0.15, 0.2) is 12.3 Å². The molecule has 0 bridgehead atoms. The number of nitrogens with zero attached hydrogens (tertiary/aromatic N) is 1. The van der Waals surface area contributed by atoms with E-state index < -0.39 is 0 Å². The van der Waals surface area contributed by atoms with E-state index in [0.29, 0.717) is 10.7 Å². The molecule has 0 radical (unpaired) electrons. The summed E-state index contributed by atoms with van der Waals surface area (Å²) in [6, 6.07) is 1.67. The Bertz CT molecular complexity index is 206. The van der Waals surface area contributed by atoms with Crippen molar-refractivity contribution >= 4 is 39.9 Å². The molecule has 0 saturated heterocycles. The Balaban J connectivity index is 3.25. The van der Waals surface area contributed by atoms with Crippen molar-refractivity contribution < 1.29 is 0 Å². The van der Waals surface area contributed by atoms with Gasteiger partial charge in [-0.25, -0.2) is 4.98 Å². The second-order valence-corrected chi connectivity index (χ2v) is 2.90. The lowest BCUT2D eigenvalue weighted by atomic mass is 10.4. The van der Waals surface area contributed by atoms with Gasteiger partial charge in [-0.2, -0.15) is 0 Å². The summed E-state index contributed by atoms with van der Waals surface area (Å²) in [5, 5.41) is 0.540. The van der Waals surface area contributed by atoms with Crippen LogP contribution in [0.1, 0.15) is 0 Å². The predicted octanol–water partition coefficient (Wildman–Crippen LogP) is 1.92. The van der Waals surface area contributed by atoms with Gasteiger partial charge in [0.1, 0.15) is 3.70 Å². The topological polar surface area (TPSA) is 38.9 Å². The first-order chi connectivity index (χ1) is 4.22. The number of aromatic nitrogens is 1. The van der Waals surface area contributed by atoms with Gasteiger partial charge in [-0.05, 0) is 28.7 Å². The van der Waals surface area contributed by atoms with E-state index in [1.807, 2.05) is 22.6 Å². The molecule has 1 aromatic rings. The molecule has 1 rings (SSSR count). The molecule has 0 atom stereocenters. The number of anilines is 1. The lowest BCUT2D eigenvalue weighted by molar-refractivity contribution is 1.28. The predicted molar refractivity (Wildman–Crippen MR) is 46.4 cm³/mol. The van der Waals surface area contributed by atoms with Gasteiger partial charge in [-0.1, -0.05) is 11.6 Å². The zero-order valence-electron chi connectivity index (χ0n) is 4.44. The van der Waals surface area contributed by atoms with Gasteiger partial charge in [0, 0.05) is 6.20 Å². The van der Waals surface area contributed by atoms with Gasteiger partial charge in [0.2, 0.25) is 0 Å². The van der Waals surface area contributed by atoms with Crippen molar-refractivity contribution in [2.24, 2.45) is 0 Å². The molecular formula is C5H4ClIN2. The Morgan fingerprint density at radius 3 is 2.78 bits per heavy atom. The van der Waals surface area contributed by atoms with Gasteiger partial charge < -0.3 is 5.73 Å². The van der Waals surface area contributed by atoms with Crippen LogP contribution >= 0.6 is 34.2 Å². The monoisotopic (exact) mass is 254 g/mol. The summed E-state index contributed by atoms with van der Waals surface area (Å²) in [5.41, 5.74) is 6.02. The molecule has 0 aliphatic carbocycles. The van der Waals surface area contributed by atoms with E-state index in [-0.39, 0.29) is 0 Å². The third-order valence-corrected chi connectivity index (χ3v) is 2.41. The highest BCUT2D eigenvalue weighted by atomic mass is 127. The maximum atomic E-state index is 5.68. The van der Waals surface area contributed by atoms with E-state index in [4.69, 9.17) is 17.3 Å². The summed E-state index contributed by atoms with van der Waals surface area (Å²) in [6.07, 6.45) is 1.63. The van der Waals surface area contributed by atoms with Gasteiger partial charge in [-0.3, -0.25) is 0 Å². The quantitative estimate of drug-likeness (QED) is 0.567. The average Bonchev–Trinajstić information content (AvgIpc) is 1.83. The van der Waals surface area contributed by atoms with Crippen LogP contribution in [0.3, 0.4) is 0 Å². The summed E-state index contributed by atoms with van der Waals surface area (Å²) in [4.78, 5) is 3.91. The van der Waals surface area contributed by atoms with Crippen molar-refractivity contribution in [1.29, 1.82) is 0 Å². The van der Waals surface area contributed by atoms with Gasteiger partial charge in [0.05, 0.1) is 10.7 Å². The minimum absolute atomic E-state index is 0.540. The maximum absolute atomic E-state index is 5.68. The molecule has 0 amide bonds. The molecule has 0 saturated carbocycles. The van der Waals surface area contributed by atoms with E-state index in [1.54, 1.807) is 12.3 Å². The lowest BCUT2D eigenvalue weighted by Gasteiger charge is -1.95.